The zero-order valence-electron chi connectivity index (χ0n) is 14.1. The Morgan fingerprint density at radius 1 is 1.40 bits per heavy atom. The van der Waals surface area contributed by atoms with E-state index in [-0.39, 0.29) is 24.4 Å². The van der Waals surface area contributed by atoms with Crippen LogP contribution in [-0.2, 0) is 11.3 Å². The average Bonchev–Trinajstić information content (AvgIpc) is 3.08. The predicted octanol–water partition coefficient (Wildman–Crippen LogP) is 1.48. The van der Waals surface area contributed by atoms with E-state index in [4.69, 9.17) is 5.26 Å². The Hall–Kier alpha value is -3.14. The molecule has 2 amide bonds. The number of hydrogen-bond donors (Lipinski definition) is 1. The van der Waals surface area contributed by atoms with Crippen LogP contribution in [0.2, 0.25) is 0 Å². The van der Waals surface area contributed by atoms with Gasteiger partial charge >= 0.3 is 0 Å². The zero-order valence-corrected chi connectivity index (χ0v) is 14.1. The number of nitrogens with zero attached hydrogens (tertiary/aromatic N) is 4. The van der Waals surface area contributed by atoms with E-state index in [2.05, 4.69) is 10.3 Å². The molecule has 7 nitrogen and oxygen atoms in total. The van der Waals surface area contributed by atoms with Gasteiger partial charge < -0.3 is 14.8 Å². The number of imidazole rings is 1. The molecule has 0 radical (unpaired) electrons. The Kier molecular flexibility index (Phi) is 4.52. The van der Waals surface area contributed by atoms with E-state index in [0.29, 0.717) is 17.7 Å². The lowest BCUT2D eigenvalue weighted by Crippen LogP contribution is -2.47. The van der Waals surface area contributed by atoms with E-state index < -0.39 is 6.04 Å². The largest absolute Gasteiger partial charge is 0.352 e. The molecule has 0 spiro atoms. The van der Waals surface area contributed by atoms with Gasteiger partial charge in [0.15, 0.2) is 0 Å². The van der Waals surface area contributed by atoms with Crippen LogP contribution in [0.4, 0.5) is 0 Å². The fraction of sp³-hybridized carbons (Fsp3) is 0.333. The summed E-state index contributed by atoms with van der Waals surface area (Å²) in [5.74, 6) is -0.343. The molecule has 1 aromatic carbocycles. The maximum atomic E-state index is 12.8. The molecule has 0 saturated heterocycles. The van der Waals surface area contributed by atoms with Crippen LogP contribution in [0.15, 0.2) is 36.8 Å². The molecule has 128 valence electrons. The zero-order chi connectivity index (χ0) is 18.0. The normalized spacial score (nSPS) is 16.2. The van der Waals surface area contributed by atoms with Crippen molar-refractivity contribution in [2.75, 3.05) is 6.54 Å². The standard InChI is InChI=1S/C18H19N5O2/c1-12(2)21-17(24)16-10-22(9-15-8-20-11-23(15)16)18(25)14-5-3-4-13(6-14)7-19/h3-6,8,11-12,16H,9-10H2,1-2H3,(H,21,24)/t16-/m0/s1. The van der Waals surface area contributed by atoms with E-state index >= 15 is 0 Å². The van der Waals surface area contributed by atoms with Gasteiger partial charge in [0, 0.05) is 17.8 Å². The van der Waals surface area contributed by atoms with Crippen molar-refractivity contribution < 1.29 is 9.59 Å². The Morgan fingerprint density at radius 2 is 2.20 bits per heavy atom. The van der Waals surface area contributed by atoms with Gasteiger partial charge in [0.1, 0.15) is 6.04 Å². The predicted molar refractivity (Wildman–Crippen MR) is 90.4 cm³/mol. The van der Waals surface area contributed by atoms with Crippen molar-refractivity contribution in [3.05, 3.63) is 53.6 Å². The van der Waals surface area contributed by atoms with Crippen LogP contribution in [-0.4, -0.2) is 38.9 Å². The number of rotatable bonds is 3. The number of carbonyl (C=O) groups excluding carboxylic acids is 2. The van der Waals surface area contributed by atoms with Gasteiger partial charge in [0.2, 0.25) is 5.91 Å². The second kappa shape index (κ2) is 6.77. The van der Waals surface area contributed by atoms with E-state index in [1.54, 1.807) is 41.7 Å². The quantitative estimate of drug-likeness (QED) is 0.918. The highest BCUT2D eigenvalue weighted by molar-refractivity contribution is 5.95. The summed E-state index contributed by atoms with van der Waals surface area (Å²) in [5, 5.41) is 11.9. The summed E-state index contributed by atoms with van der Waals surface area (Å²) in [7, 11) is 0. The highest BCUT2D eigenvalue weighted by Gasteiger charge is 2.33. The maximum absolute atomic E-state index is 12.8. The Balaban J connectivity index is 1.87. The molecular weight excluding hydrogens is 318 g/mol. The smallest absolute Gasteiger partial charge is 0.254 e. The fourth-order valence-electron chi connectivity index (χ4n) is 2.94. The number of nitriles is 1. The molecule has 1 N–H and O–H groups in total. The minimum Gasteiger partial charge on any atom is -0.352 e. The lowest BCUT2D eigenvalue weighted by atomic mass is 10.1. The first-order valence-electron chi connectivity index (χ1n) is 8.10. The second-order valence-corrected chi connectivity index (χ2v) is 6.35. The third-order valence-electron chi connectivity index (χ3n) is 4.09. The first-order chi connectivity index (χ1) is 12.0. The number of carbonyl (C=O) groups is 2. The van der Waals surface area contributed by atoms with Gasteiger partial charge in [-0.1, -0.05) is 6.07 Å². The van der Waals surface area contributed by atoms with Crippen LogP contribution in [0, 0.1) is 11.3 Å². The molecule has 0 unspecified atom stereocenters. The van der Waals surface area contributed by atoms with Crippen molar-refractivity contribution in [3.63, 3.8) is 0 Å². The molecule has 1 aromatic heterocycles. The SMILES string of the molecule is CC(C)NC(=O)[C@@H]1CN(C(=O)c2cccc(C#N)c2)Cc2cncn21. The van der Waals surface area contributed by atoms with Crippen molar-refractivity contribution >= 4 is 11.8 Å². The number of hydrogen-bond acceptors (Lipinski definition) is 4. The van der Waals surface area contributed by atoms with Crippen LogP contribution >= 0.6 is 0 Å². The molecule has 0 fully saturated rings. The monoisotopic (exact) mass is 337 g/mol. The van der Waals surface area contributed by atoms with E-state index in [0.717, 1.165) is 5.69 Å². The summed E-state index contributed by atoms with van der Waals surface area (Å²) < 4.78 is 1.81. The van der Waals surface area contributed by atoms with Gasteiger partial charge in [-0.05, 0) is 32.0 Å². The van der Waals surface area contributed by atoms with Gasteiger partial charge in [0.25, 0.3) is 5.91 Å². The van der Waals surface area contributed by atoms with Crippen LogP contribution in [0.5, 0.6) is 0 Å². The summed E-state index contributed by atoms with van der Waals surface area (Å²) in [6, 6.07) is 8.11. The van der Waals surface area contributed by atoms with Crippen molar-refractivity contribution in [3.8, 4) is 6.07 Å². The molecule has 0 aliphatic carbocycles. The summed E-state index contributed by atoms with van der Waals surface area (Å²) in [6.07, 6.45) is 3.29. The first-order valence-corrected chi connectivity index (χ1v) is 8.10. The molecule has 0 bridgehead atoms. The molecule has 1 atom stereocenters. The number of fused-ring (bicyclic) bond motifs is 1. The Morgan fingerprint density at radius 3 is 2.92 bits per heavy atom. The molecule has 7 heteroatoms. The first kappa shape index (κ1) is 16.7. The van der Waals surface area contributed by atoms with Gasteiger partial charge in [-0.2, -0.15) is 5.26 Å². The molecule has 1 aliphatic heterocycles. The molecular formula is C18H19N5O2. The van der Waals surface area contributed by atoms with Crippen LogP contribution in [0.3, 0.4) is 0 Å². The van der Waals surface area contributed by atoms with E-state index in [9.17, 15) is 9.59 Å². The number of amides is 2. The summed E-state index contributed by atoms with van der Waals surface area (Å²) in [5.41, 5.74) is 1.68. The van der Waals surface area contributed by atoms with Crippen LogP contribution in [0.25, 0.3) is 0 Å². The van der Waals surface area contributed by atoms with Crippen molar-refractivity contribution in [2.45, 2.75) is 32.5 Å². The number of nitrogens with one attached hydrogen (secondary N) is 1. The molecule has 25 heavy (non-hydrogen) atoms. The minimum absolute atomic E-state index is 0.0119. The van der Waals surface area contributed by atoms with Gasteiger partial charge in [-0.15, -0.1) is 0 Å². The van der Waals surface area contributed by atoms with E-state index in [1.165, 1.54) is 0 Å². The van der Waals surface area contributed by atoms with Crippen molar-refractivity contribution in [1.82, 2.24) is 19.8 Å². The third kappa shape index (κ3) is 3.38. The average molecular weight is 337 g/mol. The molecule has 3 rings (SSSR count). The topological polar surface area (TPSA) is 91.0 Å². The number of aromatic nitrogens is 2. The maximum Gasteiger partial charge on any atom is 0.254 e. The van der Waals surface area contributed by atoms with Gasteiger partial charge in [0.05, 0.1) is 36.7 Å². The molecule has 2 heterocycles. The van der Waals surface area contributed by atoms with Crippen LogP contribution in [0.1, 0.15) is 41.5 Å². The third-order valence-corrected chi connectivity index (χ3v) is 4.09. The molecule has 1 aliphatic rings. The van der Waals surface area contributed by atoms with Gasteiger partial charge in [-0.25, -0.2) is 4.98 Å². The van der Waals surface area contributed by atoms with Gasteiger partial charge in [-0.3, -0.25) is 9.59 Å². The lowest BCUT2D eigenvalue weighted by Gasteiger charge is -2.34. The second-order valence-electron chi connectivity index (χ2n) is 6.35. The number of benzene rings is 1. The highest BCUT2D eigenvalue weighted by Crippen LogP contribution is 2.23. The van der Waals surface area contributed by atoms with E-state index in [1.807, 2.05) is 24.5 Å². The summed E-state index contributed by atoms with van der Waals surface area (Å²) in [4.78, 5) is 31.1. The Labute approximate surface area is 145 Å². The molecule has 2 aromatic rings. The molecule has 0 saturated carbocycles. The fourth-order valence-corrected chi connectivity index (χ4v) is 2.94. The lowest BCUT2D eigenvalue weighted by molar-refractivity contribution is -0.125. The van der Waals surface area contributed by atoms with Crippen molar-refractivity contribution in [2.24, 2.45) is 0 Å². The summed E-state index contributed by atoms with van der Waals surface area (Å²) >= 11 is 0. The Bertz CT molecular complexity index is 849. The minimum atomic E-state index is -0.517. The van der Waals surface area contributed by atoms with Crippen LogP contribution < -0.4 is 5.32 Å². The van der Waals surface area contributed by atoms with Crippen molar-refractivity contribution in [1.29, 1.82) is 5.26 Å². The summed E-state index contributed by atoms with van der Waals surface area (Å²) in [6.45, 7) is 4.43. The highest BCUT2D eigenvalue weighted by atomic mass is 16.2.